The summed E-state index contributed by atoms with van der Waals surface area (Å²) in [4.78, 5) is 0. The molecule has 8 aromatic carbocycles. The van der Waals surface area contributed by atoms with Gasteiger partial charge in [-0.25, -0.2) is 0 Å². The lowest BCUT2D eigenvalue weighted by atomic mass is 9.82. The van der Waals surface area contributed by atoms with Crippen LogP contribution in [0.15, 0.2) is 158 Å². The highest BCUT2D eigenvalue weighted by Crippen LogP contribution is 2.48. The van der Waals surface area contributed by atoms with Gasteiger partial charge in [-0.1, -0.05) is 140 Å². The van der Waals surface area contributed by atoms with Crippen molar-refractivity contribution in [2.24, 2.45) is 0 Å². The summed E-state index contributed by atoms with van der Waals surface area (Å²) in [6, 6.07) is 57.9. The highest BCUT2D eigenvalue weighted by molar-refractivity contribution is 6.23. The predicted octanol–water partition coefficient (Wildman–Crippen LogP) is 12.4. The molecule has 0 unspecified atom stereocenters. The van der Waals surface area contributed by atoms with Crippen LogP contribution in [0.4, 0.5) is 0 Å². The van der Waals surface area contributed by atoms with Crippen molar-refractivity contribution in [3.05, 3.63) is 169 Å². The number of fused-ring (bicyclic) bond motifs is 3. The third kappa shape index (κ3) is 4.39. The Labute approximate surface area is 258 Å². The molecule has 0 spiro atoms. The molecule has 0 saturated heterocycles. The Balaban J connectivity index is 1.52. The van der Waals surface area contributed by atoms with Crippen LogP contribution < -0.4 is 0 Å². The number of hydrogen-bond acceptors (Lipinski definition) is 0. The lowest BCUT2D eigenvalue weighted by molar-refractivity contribution is 1.37. The molecule has 0 saturated carbocycles. The summed E-state index contributed by atoms with van der Waals surface area (Å²) in [7, 11) is 0. The highest BCUT2D eigenvalue weighted by Gasteiger charge is 2.20. The van der Waals surface area contributed by atoms with E-state index in [1.807, 2.05) is 0 Å². The lowest BCUT2D eigenvalue weighted by Crippen LogP contribution is -1.95. The van der Waals surface area contributed by atoms with Crippen LogP contribution in [-0.4, -0.2) is 0 Å². The average molecular weight is 561 g/mol. The molecule has 0 bridgehead atoms. The summed E-state index contributed by atoms with van der Waals surface area (Å²) < 4.78 is 0. The molecule has 0 amide bonds. The van der Waals surface area contributed by atoms with Crippen molar-refractivity contribution in [3.8, 4) is 44.5 Å². The Morgan fingerprint density at radius 2 is 0.773 bits per heavy atom. The zero-order valence-electron chi connectivity index (χ0n) is 25.0. The molecule has 0 N–H and O–H groups in total. The lowest BCUT2D eigenvalue weighted by Gasteiger charge is -2.21. The molecule has 8 rings (SSSR count). The summed E-state index contributed by atoms with van der Waals surface area (Å²) in [6.07, 6.45) is 0. The van der Waals surface area contributed by atoms with E-state index in [0.717, 1.165) is 0 Å². The van der Waals surface area contributed by atoms with Crippen molar-refractivity contribution in [2.75, 3.05) is 0 Å². The summed E-state index contributed by atoms with van der Waals surface area (Å²) in [5.41, 5.74) is 12.7. The van der Waals surface area contributed by atoms with Crippen LogP contribution in [0.1, 0.15) is 11.1 Å². The van der Waals surface area contributed by atoms with E-state index in [0.29, 0.717) is 0 Å². The second-order valence-electron chi connectivity index (χ2n) is 11.8. The Kier molecular flexibility index (Phi) is 6.35. The molecule has 0 heteroatoms. The first-order chi connectivity index (χ1) is 21.7. The summed E-state index contributed by atoms with van der Waals surface area (Å²) in [5, 5.41) is 7.64. The monoisotopic (exact) mass is 560 g/mol. The maximum absolute atomic E-state index is 2.42. The van der Waals surface area contributed by atoms with Gasteiger partial charge in [0.2, 0.25) is 0 Å². The van der Waals surface area contributed by atoms with Crippen molar-refractivity contribution in [3.63, 3.8) is 0 Å². The first-order valence-electron chi connectivity index (χ1n) is 15.4. The van der Waals surface area contributed by atoms with Crippen molar-refractivity contribution in [1.29, 1.82) is 0 Å². The van der Waals surface area contributed by atoms with E-state index in [4.69, 9.17) is 0 Å². The molecule has 0 aromatic heterocycles. The van der Waals surface area contributed by atoms with Crippen molar-refractivity contribution >= 4 is 32.3 Å². The average Bonchev–Trinajstić information content (AvgIpc) is 3.08. The summed E-state index contributed by atoms with van der Waals surface area (Å²) in [5.74, 6) is 0. The van der Waals surface area contributed by atoms with E-state index in [9.17, 15) is 0 Å². The van der Waals surface area contributed by atoms with Gasteiger partial charge in [-0.2, -0.15) is 0 Å². The molecule has 0 aliphatic rings. The second-order valence-corrected chi connectivity index (χ2v) is 11.8. The van der Waals surface area contributed by atoms with E-state index in [2.05, 4.69) is 172 Å². The molecular formula is C44H32. The molecule has 0 atom stereocenters. The minimum Gasteiger partial charge on any atom is -0.0622 e. The molecular weight excluding hydrogens is 528 g/mol. The first-order valence-corrected chi connectivity index (χ1v) is 15.4. The highest BCUT2D eigenvalue weighted by atomic mass is 14.2. The Morgan fingerprint density at radius 1 is 0.295 bits per heavy atom. The zero-order valence-corrected chi connectivity index (χ0v) is 25.0. The van der Waals surface area contributed by atoms with Gasteiger partial charge in [-0.3, -0.25) is 0 Å². The Hall–Kier alpha value is -5.46. The largest absolute Gasteiger partial charge is 0.0622 e. The molecule has 0 radical (unpaired) electrons. The second kappa shape index (κ2) is 10.7. The minimum atomic E-state index is 1.23. The molecule has 8 aromatic rings. The molecule has 0 aliphatic carbocycles. The van der Waals surface area contributed by atoms with Gasteiger partial charge in [0.05, 0.1) is 0 Å². The minimum absolute atomic E-state index is 1.23. The smallest absolute Gasteiger partial charge is 0.00198 e. The normalized spacial score (nSPS) is 11.4. The quantitative estimate of drug-likeness (QED) is 0.188. The molecule has 0 fully saturated rings. The van der Waals surface area contributed by atoms with Crippen molar-refractivity contribution in [1.82, 2.24) is 0 Å². The maximum atomic E-state index is 2.42. The topological polar surface area (TPSA) is 0 Å². The Bertz CT molecular complexity index is 2330. The van der Waals surface area contributed by atoms with Crippen molar-refractivity contribution in [2.45, 2.75) is 13.8 Å². The van der Waals surface area contributed by atoms with Gasteiger partial charge in [0.1, 0.15) is 0 Å². The zero-order chi connectivity index (χ0) is 29.6. The van der Waals surface area contributed by atoms with Gasteiger partial charge in [0.25, 0.3) is 0 Å². The Morgan fingerprint density at radius 3 is 1.43 bits per heavy atom. The van der Waals surface area contributed by atoms with Crippen LogP contribution in [0.5, 0.6) is 0 Å². The van der Waals surface area contributed by atoms with Crippen LogP contribution in [-0.2, 0) is 0 Å². The molecule has 0 nitrogen and oxygen atoms in total. The SMILES string of the molecule is Cc1cc2c(-c3cccc(-c4ccccc4)c3)c3ccccc3c(-c3cc4ccccc4cc3-c3ccccc3)c2cc1C. The number of aryl methyl sites for hydroxylation is 2. The summed E-state index contributed by atoms with van der Waals surface area (Å²) in [6.45, 7) is 4.47. The van der Waals surface area contributed by atoms with Crippen LogP contribution in [0.2, 0.25) is 0 Å². The number of hydrogen-bond donors (Lipinski definition) is 0. The van der Waals surface area contributed by atoms with Crippen LogP contribution in [0.25, 0.3) is 76.8 Å². The predicted molar refractivity (Wildman–Crippen MR) is 190 cm³/mol. The number of rotatable bonds is 4. The third-order valence-electron chi connectivity index (χ3n) is 9.14. The van der Waals surface area contributed by atoms with E-state index >= 15 is 0 Å². The van der Waals surface area contributed by atoms with Gasteiger partial charge in [0, 0.05) is 0 Å². The fourth-order valence-electron chi connectivity index (χ4n) is 6.83. The molecule has 0 heterocycles. The molecule has 44 heavy (non-hydrogen) atoms. The van der Waals surface area contributed by atoms with Gasteiger partial charge in [-0.05, 0) is 120 Å². The van der Waals surface area contributed by atoms with E-state index < -0.39 is 0 Å². The fraction of sp³-hybridized carbons (Fsp3) is 0.0455. The van der Waals surface area contributed by atoms with Crippen LogP contribution >= 0.6 is 0 Å². The van der Waals surface area contributed by atoms with Gasteiger partial charge in [0.15, 0.2) is 0 Å². The fourth-order valence-corrected chi connectivity index (χ4v) is 6.83. The molecule has 208 valence electrons. The van der Waals surface area contributed by atoms with E-state index in [1.54, 1.807) is 0 Å². The van der Waals surface area contributed by atoms with E-state index in [1.165, 1.54) is 88.0 Å². The summed E-state index contributed by atoms with van der Waals surface area (Å²) >= 11 is 0. The standard InChI is InChI=1S/C44H32/c1-29-24-40-41(25-30(29)2)44(42-28-35-19-10-9-18-34(35)27-39(42)32-16-7-4-8-17-32)38-23-12-11-22-37(38)43(40)36-21-13-20-33(26-36)31-14-5-3-6-15-31/h3-28H,1-2H3. The maximum Gasteiger partial charge on any atom is -0.00198 e. The van der Waals surface area contributed by atoms with Gasteiger partial charge < -0.3 is 0 Å². The molecule has 0 aliphatic heterocycles. The van der Waals surface area contributed by atoms with Crippen molar-refractivity contribution < 1.29 is 0 Å². The first kappa shape index (κ1) is 26.2. The van der Waals surface area contributed by atoms with Gasteiger partial charge >= 0.3 is 0 Å². The van der Waals surface area contributed by atoms with Gasteiger partial charge in [-0.15, -0.1) is 0 Å². The van der Waals surface area contributed by atoms with E-state index in [-0.39, 0.29) is 0 Å². The van der Waals surface area contributed by atoms with Crippen LogP contribution in [0.3, 0.4) is 0 Å². The third-order valence-corrected chi connectivity index (χ3v) is 9.14. The van der Waals surface area contributed by atoms with Crippen LogP contribution in [0, 0.1) is 13.8 Å². The number of benzene rings is 8.